The Hall–Kier alpha value is -1.76. The molecule has 12 heteroatoms. The number of ether oxygens (including phenoxy) is 4. The molecule has 0 saturated heterocycles. The van der Waals surface area contributed by atoms with Gasteiger partial charge in [0.1, 0.15) is 31.8 Å². The van der Waals surface area contributed by atoms with E-state index in [2.05, 4.69) is 48.6 Å². The molecule has 12 atom stereocenters. The van der Waals surface area contributed by atoms with Gasteiger partial charge >= 0.3 is 23.9 Å². The van der Waals surface area contributed by atoms with Crippen LogP contribution in [-0.4, -0.2) is 94.3 Å². The van der Waals surface area contributed by atoms with Crippen molar-refractivity contribution in [2.24, 2.45) is 52.8 Å². The van der Waals surface area contributed by atoms with Crippen LogP contribution in [0.4, 0.5) is 0 Å². The molecule has 0 aromatic heterocycles. The molecule has 312 valence electrons. The summed E-state index contributed by atoms with van der Waals surface area (Å²) in [5.41, 5.74) is -1.23. The fraction of sp³-hybridized carbons (Fsp3) is 0.733. The van der Waals surface area contributed by atoms with Gasteiger partial charge in [-0.25, -0.2) is 0 Å². The van der Waals surface area contributed by atoms with E-state index in [4.69, 9.17) is 18.9 Å². The standard InChI is InChI=1S/C45H60O8S4/c46-41(9-13-54-37-21-29-1-5-33(37)17-29)50-25-45(26-51-42(47)10-14-55-38-22-30-2-6-34(38)18-30,27-52-43(48)11-15-56-39-23-31-3-7-35(39)19-31)28-53-44(49)12-16-57-40-24-32-4-8-36(40)20-32/h1-8,29-40H,9-28H2/t29?,30?,31?,32?,33-,34?,35?,36?,37?,38?,39?,40?,45?/m1/s1. The number of carbonyl (C=O) groups excluding carboxylic acids is 4. The number of thioether (sulfide) groups is 4. The molecule has 0 aliphatic heterocycles. The quantitative estimate of drug-likeness (QED) is 0.0528. The average molecular weight is 857 g/mol. The minimum atomic E-state index is -1.23. The van der Waals surface area contributed by atoms with Crippen LogP contribution in [0, 0.1) is 52.8 Å². The Balaban J connectivity index is 0.860. The van der Waals surface area contributed by atoms with E-state index in [-0.39, 0.29) is 76.0 Å². The molecule has 8 aliphatic carbocycles. The molecule has 0 N–H and O–H groups in total. The number of esters is 4. The van der Waals surface area contributed by atoms with E-state index in [9.17, 15) is 19.2 Å². The first-order chi connectivity index (χ1) is 27.8. The second-order valence-corrected chi connectivity index (χ2v) is 23.3. The minimum absolute atomic E-state index is 0.189. The number of hydrogen-bond acceptors (Lipinski definition) is 12. The summed E-state index contributed by atoms with van der Waals surface area (Å²) in [6, 6.07) is 0. The number of rotatable bonds is 24. The molecule has 8 nitrogen and oxygen atoms in total. The maximum Gasteiger partial charge on any atom is 0.306 e. The van der Waals surface area contributed by atoms with Gasteiger partial charge in [0.2, 0.25) is 0 Å². The molecule has 8 rings (SSSR count). The van der Waals surface area contributed by atoms with Crippen molar-refractivity contribution in [3.8, 4) is 0 Å². The summed E-state index contributed by atoms with van der Waals surface area (Å²) in [5, 5.41) is 2.17. The van der Waals surface area contributed by atoms with E-state index < -0.39 is 5.41 Å². The normalized spacial score (nSPS) is 35.4. The van der Waals surface area contributed by atoms with Crippen molar-refractivity contribution in [3.63, 3.8) is 0 Å². The lowest BCUT2D eigenvalue weighted by Gasteiger charge is -2.31. The van der Waals surface area contributed by atoms with Crippen molar-refractivity contribution in [3.05, 3.63) is 48.6 Å². The molecule has 8 aliphatic rings. The molecular formula is C45H60O8S4. The maximum absolute atomic E-state index is 13.2. The third kappa shape index (κ3) is 11.3. The van der Waals surface area contributed by atoms with Gasteiger partial charge in [-0.05, 0) is 98.7 Å². The monoisotopic (exact) mass is 856 g/mol. The SMILES string of the molecule is O=C(CCSC1CC2C=CC1C2)OCC(COC(=O)CCSC1CC2C=CC1C2)(COC(=O)CCSC1CC2C=CC1C2)COC(=O)CCSC1CC2C=C[C@@H]1C2. The summed E-state index contributed by atoms with van der Waals surface area (Å²) in [5.74, 6) is 6.26. The average Bonchev–Trinajstić information content (AvgIpc) is 4.07. The molecule has 0 amide bonds. The van der Waals surface area contributed by atoms with E-state index >= 15 is 0 Å². The van der Waals surface area contributed by atoms with Gasteiger partial charge in [0, 0.05) is 44.0 Å². The number of fused-ring (bicyclic) bond motifs is 8. The maximum atomic E-state index is 13.2. The molecular weight excluding hydrogens is 797 g/mol. The molecule has 11 unspecified atom stereocenters. The van der Waals surface area contributed by atoms with Gasteiger partial charge in [0.25, 0.3) is 0 Å². The molecule has 8 bridgehead atoms. The van der Waals surface area contributed by atoms with Crippen LogP contribution in [0.1, 0.15) is 77.0 Å². The van der Waals surface area contributed by atoms with Gasteiger partial charge in [-0.2, -0.15) is 47.0 Å². The van der Waals surface area contributed by atoms with Crippen LogP contribution in [0.2, 0.25) is 0 Å². The van der Waals surface area contributed by atoms with Crippen molar-refractivity contribution >= 4 is 70.9 Å². The van der Waals surface area contributed by atoms with Crippen LogP contribution in [0.25, 0.3) is 0 Å². The zero-order chi connectivity index (χ0) is 39.2. The Morgan fingerprint density at radius 3 is 0.825 bits per heavy atom. The molecule has 4 saturated carbocycles. The summed E-state index contributed by atoms with van der Waals surface area (Å²) >= 11 is 7.34. The highest BCUT2D eigenvalue weighted by atomic mass is 32.2. The van der Waals surface area contributed by atoms with Crippen LogP contribution < -0.4 is 0 Å². The number of hydrogen-bond donors (Lipinski definition) is 0. The lowest BCUT2D eigenvalue weighted by molar-refractivity contribution is -0.170. The Morgan fingerprint density at radius 2 is 0.632 bits per heavy atom. The highest BCUT2D eigenvalue weighted by molar-refractivity contribution is 8.00. The highest BCUT2D eigenvalue weighted by Crippen LogP contribution is 2.48. The summed E-state index contributed by atoms with van der Waals surface area (Å²) in [4.78, 5) is 52.8. The second kappa shape index (κ2) is 19.7. The van der Waals surface area contributed by atoms with Crippen molar-refractivity contribution in [2.75, 3.05) is 49.4 Å². The van der Waals surface area contributed by atoms with Gasteiger partial charge < -0.3 is 18.9 Å². The molecule has 57 heavy (non-hydrogen) atoms. The third-order valence-electron chi connectivity index (χ3n) is 13.6. The third-order valence-corrected chi connectivity index (χ3v) is 19.2. The van der Waals surface area contributed by atoms with Crippen LogP contribution in [0.3, 0.4) is 0 Å². The predicted molar refractivity (Wildman–Crippen MR) is 231 cm³/mol. The van der Waals surface area contributed by atoms with Gasteiger partial charge in [0.05, 0.1) is 25.7 Å². The van der Waals surface area contributed by atoms with Gasteiger partial charge in [0.15, 0.2) is 0 Å². The van der Waals surface area contributed by atoms with Gasteiger partial charge in [-0.15, -0.1) is 0 Å². The number of carbonyl (C=O) groups is 4. The van der Waals surface area contributed by atoms with Crippen LogP contribution >= 0.6 is 47.0 Å². The van der Waals surface area contributed by atoms with Crippen molar-refractivity contribution in [1.82, 2.24) is 0 Å². The molecule has 0 radical (unpaired) electrons. The smallest absolute Gasteiger partial charge is 0.306 e. The van der Waals surface area contributed by atoms with E-state index in [0.29, 0.717) is 91.4 Å². The Kier molecular flexibility index (Phi) is 14.5. The lowest BCUT2D eigenvalue weighted by atomic mass is 9.92. The molecule has 0 heterocycles. The predicted octanol–water partition coefficient (Wildman–Crippen LogP) is 8.50. The van der Waals surface area contributed by atoms with Crippen LogP contribution in [0.15, 0.2) is 48.6 Å². The van der Waals surface area contributed by atoms with E-state index in [1.807, 2.05) is 47.0 Å². The van der Waals surface area contributed by atoms with E-state index in [0.717, 1.165) is 25.7 Å². The van der Waals surface area contributed by atoms with Crippen LogP contribution in [0.5, 0.6) is 0 Å². The van der Waals surface area contributed by atoms with Crippen LogP contribution in [-0.2, 0) is 38.1 Å². The van der Waals surface area contributed by atoms with E-state index in [1.165, 1.54) is 25.7 Å². The highest BCUT2D eigenvalue weighted by Gasteiger charge is 2.41. The zero-order valence-corrected chi connectivity index (χ0v) is 36.4. The molecule has 0 spiro atoms. The van der Waals surface area contributed by atoms with Crippen molar-refractivity contribution in [1.29, 1.82) is 0 Å². The summed E-state index contributed by atoms with van der Waals surface area (Å²) in [6.45, 7) is -0.754. The Labute approximate surface area is 356 Å². The Bertz CT molecular complexity index is 1350. The summed E-state index contributed by atoms with van der Waals surface area (Å²) in [7, 11) is 0. The lowest BCUT2D eigenvalue weighted by Crippen LogP contribution is -2.44. The summed E-state index contributed by atoms with van der Waals surface area (Å²) < 4.78 is 23.6. The van der Waals surface area contributed by atoms with Crippen molar-refractivity contribution < 1.29 is 38.1 Å². The topological polar surface area (TPSA) is 105 Å². The first-order valence-electron chi connectivity index (χ1n) is 21.6. The van der Waals surface area contributed by atoms with Gasteiger partial charge in [-0.1, -0.05) is 48.6 Å². The minimum Gasteiger partial charge on any atom is -0.465 e. The fourth-order valence-corrected chi connectivity index (χ4v) is 16.0. The first kappa shape index (κ1) is 42.0. The largest absolute Gasteiger partial charge is 0.465 e. The van der Waals surface area contributed by atoms with E-state index in [1.54, 1.807) is 0 Å². The molecule has 0 aromatic rings. The van der Waals surface area contributed by atoms with Crippen molar-refractivity contribution in [2.45, 2.75) is 98.0 Å². The fourth-order valence-electron chi connectivity index (χ4n) is 10.3. The van der Waals surface area contributed by atoms with Gasteiger partial charge in [-0.3, -0.25) is 19.2 Å². The Morgan fingerprint density at radius 1 is 0.386 bits per heavy atom. The summed E-state index contributed by atoms with van der Waals surface area (Å²) in [6.07, 6.45) is 29.1. The molecule has 4 fully saturated rings. The molecule has 0 aromatic carbocycles. The second-order valence-electron chi connectivity index (χ2n) is 17.9. The first-order valence-corrected chi connectivity index (χ1v) is 25.8. The number of allylic oxidation sites excluding steroid dienone is 8. The zero-order valence-electron chi connectivity index (χ0n) is 33.1.